The van der Waals surface area contributed by atoms with Gasteiger partial charge in [0, 0.05) is 23.1 Å². The van der Waals surface area contributed by atoms with Gasteiger partial charge in [0.15, 0.2) is 0 Å². The minimum atomic E-state index is 0.0782. The van der Waals surface area contributed by atoms with Gasteiger partial charge in [-0.1, -0.05) is 30.4 Å². The molecule has 0 saturated heterocycles. The maximum Gasteiger partial charge on any atom is 0.0893 e. The van der Waals surface area contributed by atoms with Gasteiger partial charge in [-0.2, -0.15) is 0 Å². The molecule has 1 atom stereocenters. The summed E-state index contributed by atoms with van der Waals surface area (Å²) in [6.45, 7) is 0.959. The fraction of sp³-hybridized carbons (Fsp3) is 0.250. The molecule has 2 nitrogen and oxygen atoms in total. The number of para-hydroxylation sites is 1. The first-order valence-electron chi connectivity index (χ1n) is 5.33. The number of hydrogen-bond acceptors (Lipinski definition) is 2. The molecule has 2 aromatic rings. The lowest BCUT2D eigenvalue weighted by Gasteiger charge is -2.23. The summed E-state index contributed by atoms with van der Waals surface area (Å²) in [6.07, 6.45) is 1.05. The Bertz CT molecular complexity index is 559. The lowest BCUT2D eigenvalue weighted by Crippen LogP contribution is -2.32. The lowest BCUT2D eigenvalue weighted by molar-refractivity contribution is 0.605. The van der Waals surface area contributed by atoms with Crippen LogP contribution in [-0.4, -0.2) is 15.7 Å². The van der Waals surface area contributed by atoms with Crippen LogP contribution in [-0.2, 0) is 6.42 Å². The SMILES string of the molecule is S=C(S)C1NCCc2c1[nH]c1ccccc21. The third-order valence-electron chi connectivity index (χ3n) is 3.11. The van der Waals surface area contributed by atoms with Crippen LogP contribution in [0.3, 0.4) is 0 Å². The topological polar surface area (TPSA) is 27.8 Å². The number of rotatable bonds is 1. The molecule has 0 fully saturated rings. The molecule has 16 heavy (non-hydrogen) atoms. The van der Waals surface area contributed by atoms with Gasteiger partial charge >= 0.3 is 0 Å². The van der Waals surface area contributed by atoms with E-state index in [0.29, 0.717) is 4.20 Å². The number of benzene rings is 1. The third kappa shape index (κ3) is 1.49. The maximum absolute atomic E-state index is 5.18. The number of fused-ring (bicyclic) bond motifs is 3. The van der Waals surface area contributed by atoms with E-state index in [4.69, 9.17) is 12.2 Å². The van der Waals surface area contributed by atoms with Gasteiger partial charge in [-0.15, -0.1) is 12.6 Å². The van der Waals surface area contributed by atoms with Crippen LogP contribution in [0.2, 0.25) is 0 Å². The summed E-state index contributed by atoms with van der Waals surface area (Å²) in [5.41, 5.74) is 3.76. The van der Waals surface area contributed by atoms with Gasteiger partial charge in [-0.05, 0) is 18.1 Å². The Kier molecular flexibility index (Phi) is 2.50. The molecule has 0 saturated carbocycles. The molecular formula is C12H12N2S2. The standard InChI is InChI=1S/C12H12N2S2/c15-12(16)11-10-8(5-6-13-11)7-3-1-2-4-9(7)14-10/h1-4,11,13-14H,5-6H2,(H,15,16). The molecule has 1 aliphatic heterocycles. The minimum absolute atomic E-state index is 0.0782. The average Bonchev–Trinajstić information content (AvgIpc) is 2.67. The fourth-order valence-electron chi connectivity index (χ4n) is 2.39. The van der Waals surface area contributed by atoms with Crippen molar-refractivity contribution in [3.05, 3.63) is 35.5 Å². The first kappa shape index (κ1) is 10.3. The predicted octanol–water partition coefficient (Wildman–Crippen LogP) is 2.61. The predicted molar refractivity (Wildman–Crippen MR) is 74.3 cm³/mol. The molecule has 0 bridgehead atoms. The van der Waals surface area contributed by atoms with Crippen molar-refractivity contribution in [3.63, 3.8) is 0 Å². The number of H-pyrrole nitrogens is 1. The van der Waals surface area contributed by atoms with E-state index in [2.05, 4.69) is 41.1 Å². The number of hydrogen-bond donors (Lipinski definition) is 3. The third-order valence-corrected chi connectivity index (χ3v) is 3.60. The van der Waals surface area contributed by atoms with Crippen LogP contribution in [0.25, 0.3) is 10.9 Å². The number of nitrogens with one attached hydrogen (secondary N) is 2. The zero-order valence-corrected chi connectivity index (χ0v) is 10.4. The lowest BCUT2D eigenvalue weighted by atomic mass is 10.0. The van der Waals surface area contributed by atoms with E-state index < -0.39 is 0 Å². The second kappa shape index (κ2) is 3.87. The van der Waals surface area contributed by atoms with Crippen molar-refractivity contribution >= 4 is 39.9 Å². The van der Waals surface area contributed by atoms with E-state index in [-0.39, 0.29) is 6.04 Å². The van der Waals surface area contributed by atoms with E-state index in [1.807, 2.05) is 6.07 Å². The summed E-state index contributed by atoms with van der Waals surface area (Å²) in [4.78, 5) is 3.45. The summed E-state index contributed by atoms with van der Waals surface area (Å²) in [6, 6.07) is 8.47. The van der Waals surface area contributed by atoms with Gasteiger partial charge in [-0.3, -0.25) is 0 Å². The largest absolute Gasteiger partial charge is 0.357 e. The molecule has 3 rings (SSSR count). The van der Waals surface area contributed by atoms with Crippen LogP contribution in [0, 0.1) is 0 Å². The van der Waals surface area contributed by atoms with Crippen molar-refractivity contribution in [3.8, 4) is 0 Å². The van der Waals surface area contributed by atoms with E-state index in [9.17, 15) is 0 Å². The van der Waals surface area contributed by atoms with Crippen LogP contribution >= 0.6 is 24.8 Å². The van der Waals surface area contributed by atoms with Crippen LogP contribution < -0.4 is 5.32 Å². The monoisotopic (exact) mass is 248 g/mol. The van der Waals surface area contributed by atoms with E-state index in [1.165, 1.54) is 22.2 Å². The van der Waals surface area contributed by atoms with Crippen molar-refractivity contribution in [2.24, 2.45) is 0 Å². The average molecular weight is 248 g/mol. The van der Waals surface area contributed by atoms with Crippen LogP contribution in [0.1, 0.15) is 17.3 Å². The van der Waals surface area contributed by atoms with Gasteiger partial charge in [0.25, 0.3) is 0 Å². The first-order chi connectivity index (χ1) is 7.77. The first-order valence-corrected chi connectivity index (χ1v) is 6.18. The molecule has 1 aromatic carbocycles. The molecule has 4 heteroatoms. The Labute approximate surface area is 105 Å². The molecule has 0 amide bonds. The Morgan fingerprint density at radius 3 is 3.00 bits per heavy atom. The van der Waals surface area contributed by atoms with Crippen LogP contribution in [0.15, 0.2) is 24.3 Å². The van der Waals surface area contributed by atoms with Crippen molar-refractivity contribution in [1.29, 1.82) is 0 Å². The van der Waals surface area contributed by atoms with E-state index in [0.717, 1.165) is 13.0 Å². The highest BCUT2D eigenvalue weighted by atomic mass is 32.1. The van der Waals surface area contributed by atoms with E-state index >= 15 is 0 Å². The summed E-state index contributed by atoms with van der Waals surface area (Å²) in [5, 5.41) is 4.70. The number of aromatic amines is 1. The van der Waals surface area contributed by atoms with Gasteiger partial charge in [0.05, 0.1) is 10.2 Å². The summed E-state index contributed by atoms with van der Waals surface area (Å²) < 4.78 is 0.701. The Morgan fingerprint density at radius 2 is 2.19 bits per heavy atom. The smallest absolute Gasteiger partial charge is 0.0893 e. The number of thiol groups is 1. The van der Waals surface area contributed by atoms with Crippen molar-refractivity contribution in [2.45, 2.75) is 12.5 Å². The minimum Gasteiger partial charge on any atom is -0.357 e. The van der Waals surface area contributed by atoms with Gasteiger partial charge in [0.1, 0.15) is 0 Å². The fourth-order valence-corrected chi connectivity index (χ4v) is 2.81. The Morgan fingerprint density at radius 1 is 1.38 bits per heavy atom. The highest BCUT2D eigenvalue weighted by Crippen LogP contribution is 2.31. The van der Waals surface area contributed by atoms with Crippen molar-refractivity contribution in [1.82, 2.24) is 10.3 Å². The van der Waals surface area contributed by atoms with Crippen LogP contribution in [0.4, 0.5) is 0 Å². The molecule has 0 spiro atoms. The second-order valence-corrected chi connectivity index (χ2v) is 5.26. The highest BCUT2D eigenvalue weighted by Gasteiger charge is 2.25. The second-order valence-electron chi connectivity index (χ2n) is 4.04. The normalized spacial score (nSPS) is 19.7. The summed E-state index contributed by atoms with van der Waals surface area (Å²) >= 11 is 9.47. The Balaban J connectivity index is 2.25. The molecular weight excluding hydrogens is 236 g/mol. The summed E-state index contributed by atoms with van der Waals surface area (Å²) in [5.74, 6) is 0. The van der Waals surface area contributed by atoms with Crippen molar-refractivity contribution in [2.75, 3.05) is 6.54 Å². The van der Waals surface area contributed by atoms with Gasteiger partial charge in [0.2, 0.25) is 0 Å². The zero-order chi connectivity index (χ0) is 11.1. The molecule has 82 valence electrons. The Hall–Kier alpha value is -0.840. The molecule has 1 aliphatic rings. The molecule has 2 heterocycles. The van der Waals surface area contributed by atoms with Gasteiger partial charge < -0.3 is 10.3 Å². The summed E-state index contributed by atoms with van der Waals surface area (Å²) in [7, 11) is 0. The van der Waals surface area contributed by atoms with E-state index in [1.54, 1.807) is 0 Å². The maximum atomic E-state index is 5.18. The molecule has 0 aliphatic carbocycles. The zero-order valence-electron chi connectivity index (χ0n) is 8.66. The number of thiocarbonyl (C=S) groups is 1. The molecule has 1 unspecified atom stereocenters. The molecule has 0 radical (unpaired) electrons. The quantitative estimate of drug-likeness (QED) is 0.535. The number of aromatic nitrogens is 1. The molecule has 1 aromatic heterocycles. The molecule has 2 N–H and O–H groups in total. The highest BCUT2D eigenvalue weighted by molar-refractivity contribution is 8.11. The van der Waals surface area contributed by atoms with Crippen molar-refractivity contribution < 1.29 is 0 Å². The van der Waals surface area contributed by atoms with Crippen LogP contribution in [0.5, 0.6) is 0 Å². The van der Waals surface area contributed by atoms with Gasteiger partial charge in [-0.25, -0.2) is 0 Å².